The van der Waals surface area contributed by atoms with Crippen LogP contribution in [0.2, 0.25) is 0 Å². The number of likely N-dealkylation sites (N-methyl/N-ethyl adjacent to an activating group) is 1. The van der Waals surface area contributed by atoms with Crippen LogP contribution in [0.15, 0.2) is 42.7 Å². The van der Waals surface area contributed by atoms with Crippen LogP contribution in [0.1, 0.15) is 37.3 Å². The number of aromatic nitrogens is 1. The van der Waals surface area contributed by atoms with Gasteiger partial charge in [0, 0.05) is 45.1 Å². The molecular weight excluding hydrogens is 420 g/mol. The summed E-state index contributed by atoms with van der Waals surface area (Å²) in [6, 6.07) is 9.83. The van der Waals surface area contributed by atoms with Gasteiger partial charge >= 0.3 is 6.03 Å². The number of carbonyl (C=O) groups excluding carboxylic acids is 2. The van der Waals surface area contributed by atoms with Gasteiger partial charge in [0.1, 0.15) is 5.54 Å². The molecule has 0 bridgehead atoms. The molecule has 8 heteroatoms. The zero-order valence-electron chi connectivity index (χ0n) is 19.0. The highest BCUT2D eigenvalue weighted by molar-refractivity contribution is 6.07. The van der Waals surface area contributed by atoms with Crippen molar-refractivity contribution in [2.24, 2.45) is 0 Å². The number of hydrogen-bond donors (Lipinski definition) is 0. The van der Waals surface area contributed by atoms with Crippen molar-refractivity contribution in [1.82, 2.24) is 19.7 Å². The van der Waals surface area contributed by atoms with Gasteiger partial charge in [-0.3, -0.25) is 19.6 Å². The Labute approximate surface area is 194 Å². The van der Waals surface area contributed by atoms with Crippen molar-refractivity contribution in [3.63, 3.8) is 0 Å². The van der Waals surface area contributed by atoms with E-state index in [9.17, 15) is 9.59 Å². The molecule has 0 aliphatic carbocycles. The molecule has 1 aromatic carbocycles. The molecule has 174 valence electrons. The fourth-order valence-electron chi connectivity index (χ4n) is 5.27. The lowest BCUT2D eigenvalue weighted by Gasteiger charge is -2.42. The lowest BCUT2D eigenvalue weighted by atomic mass is 9.85. The second-order valence-electron chi connectivity index (χ2n) is 8.94. The maximum absolute atomic E-state index is 13.5. The van der Waals surface area contributed by atoms with Gasteiger partial charge in [-0.1, -0.05) is 12.1 Å². The Morgan fingerprint density at radius 1 is 1.06 bits per heavy atom. The van der Waals surface area contributed by atoms with Gasteiger partial charge in [0.2, 0.25) is 6.79 Å². The van der Waals surface area contributed by atoms with Gasteiger partial charge in [0.25, 0.3) is 5.91 Å². The standard InChI is InChI=1S/C25H30N4O4/c1-2-29-24(31)28(12-4-6-19-5-3-11-26-16-19)23(30)25(29)9-13-27(14-10-25)17-20-7-8-21-22(15-20)33-18-32-21/h3,5,7-8,11,15-16H,2,4,6,9-10,12-14,17-18H2,1H3. The van der Waals surface area contributed by atoms with Crippen LogP contribution in [-0.4, -0.2) is 70.1 Å². The highest BCUT2D eigenvalue weighted by Gasteiger charge is 2.57. The Morgan fingerprint density at radius 3 is 2.64 bits per heavy atom. The number of urea groups is 1. The van der Waals surface area contributed by atoms with Gasteiger partial charge in [-0.2, -0.15) is 0 Å². The lowest BCUT2D eigenvalue weighted by Crippen LogP contribution is -2.56. The Kier molecular flexibility index (Phi) is 5.93. The smallest absolute Gasteiger partial charge is 0.327 e. The zero-order chi connectivity index (χ0) is 22.8. The monoisotopic (exact) mass is 450 g/mol. The van der Waals surface area contributed by atoms with Crippen LogP contribution in [0, 0.1) is 0 Å². The molecule has 0 saturated carbocycles. The van der Waals surface area contributed by atoms with Crippen molar-refractivity contribution < 1.29 is 19.1 Å². The average Bonchev–Trinajstić information content (AvgIpc) is 3.38. The van der Waals surface area contributed by atoms with Crippen LogP contribution >= 0.6 is 0 Å². The maximum Gasteiger partial charge on any atom is 0.327 e. The van der Waals surface area contributed by atoms with E-state index in [4.69, 9.17) is 9.47 Å². The fourth-order valence-corrected chi connectivity index (χ4v) is 5.27. The summed E-state index contributed by atoms with van der Waals surface area (Å²) in [6.45, 7) is 5.56. The first-order valence-corrected chi connectivity index (χ1v) is 11.7. The Balaban J connectivity index is 1.21. The molecule has 5 rings (SSSR count). The molecular formula is C25H30N4O4. The van der Waals surface area contributed by atoms with E-state index in [0.29, 0.717) is 25.9 Å². The first-order chi connectivity index (χ1) is 16.1. The number of ether oxygens (including phenoxy) is 2. The summed E-state index contributed by atoms with van der Waals surface area (Å²) < 4.78 is 10.9. The molecule has 4 heterocycles. The molecule has 3 aliphatic heterocycles. The number of amides is 3. The summed E-state index contributed by atoms with van der Waals surface area (Å²) in [6.07, 6.45) is 6.45. The molecule has 1 spiro atoms. The van der Waals surface area contributed by atoms with Crippen molar-refractivity contribution in [2.45, 2.75) is 44.7 Å². The number of piperidine rings is 1. The number of rotatable bonds is 7. The van der Waals surface area contributed by atoms with Gasteiger partial charge in [-0.15, -0.1) is 0 Å². The Bertz CT molecular complexity index is 1020. The van der Waals surface area contributed by atoms with E-state index >= 15 is 0 Å². The van der Waals surface area contributed by atoms with Gasteiger partial charge in [0.05, 0.1) is 0 Å². The van der Waals surface area contributed by atoms with Crippen molar-refractivity contribution >= 4 is 11.9 Å². The number of likely N-dealkylation sites (tertiary alicyclic amines) is 1. The van der Waals surface area contributed by atoms with Crippen LogP contribution < -0.4 is 9.47 Å². The second-order valence-corrected chi connectivity index (χ2v) is 8.94. The van der Waals surface area contributed by atoms with E-state index in [1.165, 1.54) is 4.90 Å². The van der Waals surface area contributed by atoms with Crippen molar-refractivity contribution in [1.29, 1.82) is 0 Å². The minimum Gasteiger partial charge on any atom is -0.454 e. The maximum atomic E-state index is 13.5. The van der Waals surface area contributed by atoms with Crippen LogP contribution in [0.25, 0.3) is 0 Å². The van der Waals surface area contributed by atoms with Crippen LogP contribution in [0.4, 0.5) is 4.79 Å². The van der Waals surface area contributed by atoms with Gasteiger partial charge in [0.15, 0.2) is 11.5 Å². The summed E-state index contributed by atoms with van der Waals surface area (Å²) in [5, 5.41) is 0. The summed E-state index contributed by atoms with van der Waals surface area (Å²) in [5.41, 5.74) is 1.58. The van der Waals surface area contributed by atoms with E-state index in [-0.39, 0.29) is 18.7 Å². The van der Waals surface area contributed by atoms with Crippen molar-refractivity contribution in [3.05, 3.63) is 53.9 Å². The predicted molar refractivity (Wildman–Crippen MR) is 122 cm³/mol. The number of fused-ring (bicyclic) bond motifs is 1. The third-order valence-corrected chi connectivity index (χ3v) is 7.03. The summed E-state index contributed by atoms with van der Waals surface area (Å²) >= 11 is 0. The lowest BCUT2D eigenvalue weighted by molar-refractivity contribution is -0.135. The number of hydrogen-bond acceptors (Lipinski definition) is 6. The highest BCUT2D eigenvalue weighted by Crippen LogP contribution is 2.38. The number of nitrogens with zero attached hydrogens (tertiary/aromatic N) is 4. The molecule has 0 unspecified atom stereocenters. The quantitative estimate of drug-likeness (QED) is 0.604. The minimum absolute atomic E-state index is 0.0248. The number of carbonyl (C=O) groups is 2. The molecule has 1 aromatic heterocycles. The van der Waals surface area contributed by atoms with Crippen LogP contribution in [-0.2, 0) is 17.8 Å². The largest absolute Gasteiger partial charge is 0.454 e. The zero-order valence-corrected chi connectivity index (χ0v) is 19.0. The molecule has 0 atom stereocenters. The highest BCUT2D eigenvalue weighted by atomic mass is 16.7. The van der Waals surface area contributed by atoms with Gasteiger partial charge in [-0.05, 0) is 61.9 Å². The minimum atomic E-state index is -0.703. The fraction of sp³-hybridized carbons (Fsp3) is 0.480. The number of benzene rings is 1. The normalized spacial score (nSPS) is 19.7. The van der Waals surface area contributed by atoms with E-state index < -0.39 is 5.54 Å². The molecule has 0 N–H and O–H groups in total. The predicted octanol–water partition coefficient (Wildman–Crippen LogP) is 3.06. The first-order valence-electron chi connectivity index (χ1n) is 11.7. The summed E-state index contributed by atoms with van der Waals surface area (Å²) in [4.78, 5) is 36.4. The summed E-state index contributed by atoms with van der Waals surface area (Å²) in [5.74, 6) is 1.55. The number of pyridine rings is 1. The van der Waals surface area contributed by atoms with Crippen LogP contribution in [0.3, 0.4) is 0 Å². The van der Waals surface area contributed by atoms with Crippen molar-refractivity contribution in [2.75, 3.05) is 33.0 Å². The number of aryl methyl sites for hydroxylation is 1. The molecule has 2 aromatic rings. The SMILES string of the molecule is CCN1C(=O)N(CCCc2cccnc2)C(=O)C12CCN(Cc1ccc3c(c1)OCO3)CC2. The van der Waals surface area contributed by atoms with Gasteiger partial charge < -0.3 is 14.4 Å². The van der Waals surface area contributed by atoms with Gasteiger partial charge in [-0.25, -0.2) is 4.79 Å². The topological polar surface area (TPSA) is 75.2 Å². The van der Waals surface area contributed by atoms with Crippen molar-refractivity contribution in [3.8, 4) is 11.5 Å². The van der Waals surface area contributed by atoms with E-state index in [0.717, 1.165) is 55.1 Å². The third-order valence-electron chi connectivity index (χ3n) is 7.03. The Morgan fingerprint density at radius 2 is 1.88 bits per heavy atom. The molecule has 0 radical (unpaired) electrons. The Hall–Kier alpha value is -3.13. The second kappa shape index (κ2) is 9.02. The summed E-state index contributed by atoms with van der Waals surface area (Å²) in [7, 11) is 0. The van der Waals surface area contributed by atoms with E-state index in [2.05, 4.69) is 16.0 Å². The van der Waals surface area contributed by atoms with E-state index in [1.54, 1.807) is 11.1 Å². The molecule has 2 saturated heterocycles. The molecule has 2 fully saturated rings. The van der Waals surface area contributed by atoms with Crippen LogP contribution in [0.5, 0.6) is 11.5 Å². The molecule has 33 heavy (non-hydrogen) atoms. The first kappa shape index (κ1) is 21.7. The third kappa shape index (κ3) is 4.04. The van der Waals surface area contributed by atoms with E-state index in [1.807, 2.05) is 37.4 Å². The molecule has 3 aliphatic rings. The molecule has 8 nitrogen and oxygen atoms in total. The number of imide groups is 1. The molecule has 3 amide bonds. The average molecular weight is 451 g/mol.